The zero-order chi connectivity index (χ0) is 14.5. The molecule has 20 heavy (non-hydrogen) atoms. The third kappa shape index (κ3) is 3.87. The van der Waals surface area contributed by atoms with Gasteiger partial charge >= 0.3 is 0 Å². The number of anilines is 1. The lowest BCUT2D eigenvalue weighted by Gasteiger charge is -2.30. The second-order valence-electron chi connectivity index (χ2n) is 5.82. The van der Waals surface area contributed by atoms with E-state index in [1.54, 1.807) is 0 Å². The second-order valence-corrected chi connectivity index (χ2v) is 6.22. The SMILES string of the molecule is CCNCc1ccc(N2CCCC2CN(C)C)c(Cl)c1. The normalized spacial score (nSPS) is 19.1. The van der Waals surface area contributed by atoms with Crippen LogP contribution in [0.1, 0.15) is 25.3 Å². The molecule has 0 bridgehead atoms. The maximum atomic E-state index is 6.51. The van der Waals surface area contributed by atoms with Gasteiger partial charge in [0.15, 0.2) is 0 Å². The fourth-order valence-electron chi connectivity index (χ4n) is 2.93. The summed E-state index contributed by atoms with van der Waals surface area (Å²) in [4.78, 5) is 4.73. The summed E-state index contributed by atoms with van der Waals surface area (Å²) in [5.74, 6) is 0. The van der Waals surface area contributed by atoms with Crippen molar-refractivity contribution in [1.29, 1.82) is 0 Å². The third-order valence-electron chi connectivity index (χ3n) is 3.85. The molecule has 1 saturated heterocycles. The summed E-state index contributed by atoms with van der Waals surface area (Å²) in [6, 6.07) is 7.06. The largest absolute Gasteiger partial charge is 0.366 e. The van der Waals surface area contributed by atoms with Crippen LogP contribution in [0.3, 0.4) is 0 Å². The molecule has 0 aliphatic carbocycles. The van der Waals surface area contributed by atoms with Gasteiger partial charge in [-0.3, -0.25) is 0 Å². The van der Waals surface area contributed by atoms with E-state index >= 15 is 0 Å². The third-order valence-corrected chi connectivity index (χ3v) is 4.16. The monoisotopic (exact) mass is 295 g/mol. The fraction of sp³-hybridized carbons (Fsp3) is 0.625. The van der Waals surface area contributed by atoms with Crippen LogP contribution < -0.4 is 10.2 Å². The first-order chi connectivity index (χ1) is 9.61. The molecule has 0 amide bonds. The van der Waals surface area contributed by atoms with Crippen molar-refractivity contribution in [3.8, 4) is 0 Å². The van der Waals surface area contributed by atoms with Crippen LogP contribution >= 0.6 is 11.6 Å². The highest BCUT2D eigenvalue weighted by atomic mass is 35.5. The van der Waals surface area contributed by atoms with Crippen molar-refractivity contribution >= 4 is 17.3 Å². The van der Waals surface area contributed by atoms with E-state index in [9.17, 15) is 0 Å². The first-order valence-corrected chi connectivity index (χ1v) is 7.90. The molecule has 1 aromatic rings. The number of rotatable bonds is 6. The van der Waals surface area contributed by atoms with E-state index in [0.29, 0.717) is 6.04 Å². The van der Waals surface area contributed by atoms with E-state index in [1.807, 2.05) is 0 Å². The molecule has 4 heteroatoms. The smallest absolute Gasteiger partial charge is 0.0642 e. The van der Waals surface area contributed by atoms with E-state index < -0.39 is 0 Å². The second kappa shape index (κ2) is 7.30. The summed E-state index contributed by atoms with van der Waals surface area (Å²) < 4.78 is 0. The lowest BCUT2D eigenvalue weighted by atomic mass is 10.1. The lowest BCUT2D eigenvalue weighted by Crippen LogP contribution is -2.37. The molecule has 1 aliphatic heterocycles. The molecule has 0 aromatic heterocycles. The summed E-state index contributed by atoms with van der Waals surface area (Å²) in [5.41, 5.74) is 2.44. The molecule has 1 aromatic carbocycles. The molecular weight excluding hydrogens is 270 g/mol. The average Bonchev–Trinajstić information content (AvgIpc) is 2.83. The molecule has 0 saturated carbocycles. The molecule has 1 N–H and O–H groups in total. The first-order valence-electron chi connectivity index (χ1n) is 7.52. The highest BCUT2D eigenvalue weighted by Gasteiger charge is 2.26. The lowest BCUT2D eigenvalue weighted by molar-refractivity contribution is 0.372. The van der Waals surface area contributed by atoms with Gasteiger partial charge in [-0.05, 0) is 51.2 Å². The minimum absolute atomic E-state index is 0.585. The van der Waals surface area contributed by atoms with Gasteiger partial charge in [-0.2, -0.15) is 0 Å². The summed E-state index contributed by atoms with van der Waals surface area (Å²) >= 11 is 6.51. The minimum Gasteiger partial charge on any atom is -0.366 e. The molecule has 0 spiro atoms. The minimum atomic E-state index is 0.585. The van der Waals surface area contributed by atoms with E-state index in [1.165, 1.54) is 24.1 Å². The number of hydrogen-bond donors (Lipinski definition) is 1. The molecule has 1 aliphatic rings. The molecule has 3 nitrogen and oxygen atoms in total. The zero-order valence-electron chi connectivity index (χ0n) is 12.8. The van der Waals surface area contributed by atoms with Crippen molar-refractivity contribution in [1.82, 2.24) is 10.2 Å². The van der Waals surface area contributed by atoms with Gasteiger partial charge in [0.25, 0.3) is 0 Å². The Kier molecular flexibility index (Phi) is 5.70. The Labute approximate surface area is 127 Å². The van der Waals surface area contributed by atoms with Crippen molar-refractivity contribution in [2.45, 2.75) is 32.4 Å². The molecule has 0 radical (unpaired) electrons. The van der Waals surface area contributed by atoms with Crippen molar-refractivity contribution in [2.75, 3.05) is 38.6 Å². The Morgan fingerprint density at radius 2 is 2.20 bits per heavy atom. The number of benzene rings is 1. The number of hydrogen-bond acceptors (Lipinski definition) is 3. The topological polar surface area (TPSA) is 18.5 Å². The van der Waals surface area contributed by atoms with Crippen LogP contribution in [0.2, 0.25) is 5.02 Å². The van der Waals surface area contributed by atoms with Crippen LogP contribution in [0.15, 0.2) is 18.2 Å². The van der Waals surface area contributed by atoms with Crippen LogP contribution in [0.4, 0.5) is 5.69 Å². The number of nitrogens with zero attached hydrogens (tertiary/aromatic N) is 2. The standard InChI is InChI=1S/C16H26ClN3/c1-4-18-11-13-7-8-16(15(17)10-13)20-9-5-6-14(20)12-19(2)3/h7-8,10,14,18H,4-6,9,11-12H2,1-3H3. The molecule has 2 rings (SSSR count). The Morgan fingerprint density at radius 3 is 2.85 bits per heavy atom. The Balaban J connectivity index is 2.11. The molecule has 1 atom stereocenters. The highest BCUT2D eigenvalue weighted by Crippen LogP contribution is 2.32. The average molecular weight is 296 g/mol. The summed E-state index contributed by atoms with van der Waals surface area (Å²) in [6.07, 6.45) is 2.52. The van der Waals surface area contributed by atoms with Crippen LogP contribution in [0, 0.1) is 0 Å². The van der Waals surface area contributed by atoms with Gasteiger partial charge in [-0.15, -0.1) is 0 Å². The molecule has 1 fully saturated rings. The van der Waals surface area contributed by atoms with Crippen LogP contribution in [-0.2, 0) is 6.54 Å². The summed E-state index contributed by atoms with van der Waals surface area (Å²) in [5, 5.41) is 4.22. The van der Waals surface area contributed by atoms with Gasteiger partial charge in [0.05, 0.1) is 10.7 Å². The molecule has 112 valence electrons. The molecule has 1 heterocycles. The van der Waals surface area contributed by atoms with Crippen molar-refractivity contribution < 1.29 is 0 Å². The summed E-state index contributed by atoms with van der Waals surface area (Å²) in [6.45, 7) is 6.19. The maximum Gasteiger partial charge on any atom is 0.0642 e. The van der Waals surface area contributed by atoms with E-state index in [4.69, 9.17) is 11.6 Å². The quantitative estimate of drug-likeness (QED) is 0.870. The highest BCUT2D eigenvalue weighted by molar-refractivity contribution is 6.33. The van der Waals surface area contributed by atoms with Crippen LogP contribution in [-0.4, -0.2) is 44.7 Å². The van der Waals surface area contributed by atoms with Gasteiger partial charge in [0.2, 0.25) is 0 Å². The predicted octanol–water partition coefficient (Wildman–Crippen LogP) is 2.98. The van der Waals surface area contributed by atoms with Gasteiger partial charge < -0.3 is 15.1 Å². The van der Waals surface area contributed by atoms with Gasteiger partial charge in [-0.1, -0.05) is 24.6 Å². The molecule has 1 unspecified atom stereocenters. The summed E-state index contributed by atoms with van der Waals surface area (Å²) in [7, 11) is 4.27. The zero-order valence-corrected chi connectivity index (χ0v) is 13.6. The van der Waals surface area contributed by atoms with Gasteiger partial charge in [0.1, 0.15) is 0 Å². The van der Waals surface area contributed by atoms with Crippen molar-refractivity contribution in [3.63, 3.8) is 0 Å². The maximum absolute atomic E-state index is 6.51. The van der Waals surface area contributed by atoms with E-state index in [-0.39, 0.29) is 0 Å². The number of nitrogens with one attached hydrogen (secondary N) is 1. The van der Waals surface area contributed by atoms with Gasteiger partial charge in [-0.25, -0.2) is 0 Å². The predicted molar refractivity (Wildman–Crippen MR) is 87.8 cm³/mol. The van der Waals surface area contributed by atoms with Gasteiger partial charge in [0, 0.05) is 25.7 Å². The number of likely N-dealkylation sites (N-methyl/N-ethyl adjacent to an activating group) is 1. The van der Waals surface area contributed by atoms with Crippen molar-refractivity contribution in [3.05, 3.63) is 28.8 Å². The van der Waals surface area contributed by atoms with E-state index in [2.05, 4.69) is 54.3 Å². The number of halogens is 1. The Morgan fingerprint density at radius 1 is 1.40 bits per heavy atom. The first kappa shape index (κ1) is 15.6. The van der Waals surface area contributed by atoms with E-state index in [0.717, 1.165) is 31.2 Å². The molecular formula is C16H26ClN3. The Bertz CT molecular complexity index is 434. The van der Waals surface area contributed by atoms with Crippen LogP contribution in [0.5, 0.6) is 0 Å². The van der Waals surface area contributed by atoms with Crippen molar-refractivity contribution in [2.24, 2.45) is 0 Å². The fourth-order valence-corrected chi connectivity index (χ4v) is 3.24. The van der Waals surface area contributed by atoms with Crippen LogP contribution in [0.25, 0.3) is 0 Å². The Hall–Kier alpha value is -0.770.